The fourth-order valence-electron chi connectivity index (χ4n) is 3.42. The summed E-state index contributed by atoms with van der Waals surface area (Å²) in [5.74, 6) is -0.0101. The van der Waals surface area contributed by atoms with Crippen molar-refractivity contribution in [1.82, 2.24) is 15.1 Å². The first-order valence-electron chi connectivity index (χ1n) is 9.56. The van der Waals surface area contributed by atoms with Crippen LogP contribution >= 0.6 is 0 Å². The zero-order valence-electron chi connectivity index (χ0n) is 16.1. The summed E-state index contributed by atoms with van der Waals surface area (Å²) in [7, 11) is 1.82. The standard InChI is InChI=1S/C22H26FN3O2/c1-25(15-18-5-3-2-4-6-18)21(27)13-19-11-12-26(16-19)22(28)24-14-17-7-9-20(23)10-8-17/h2-10,19H,11-16H2,1H3,(H,24,28). The van der Waals surface area contributed by atoms with E-state index < -0.39 is 0 Å². The molecule has 0 aromatic heterocycles. The second kappa shape index (κ2) is 9.35. The first-order valence-corrected chi connectivity index (χ1v) is 9.56. The predicted molar refractivity (Wildman–Crippen MR) is 106 cm³/mol. The Hall–Kier alpha value is -2.89. The zero-order chi connectivity index (χ0) is 19.9. The van der Waals surface area contributed by atoms with Gasteiger partial charge < -0.3 is 15.1 Å². The molecule has 1 N–H and O–H groups in total. The molecular weight excluding hydrogens is 357 g/mol. The number of hydrogen-bond donors (Lipinski definition) is 1. The molecule has 1 unspecified atom stereocenters. The van der Waals surface area contributed by atoms with E-state index in [0.29, 0.717) is 32.6 Å². The second-order valence-electron chi connectivity index (χ2n) is 7.33. The Bertz CT molecular complexity index is 795. The van der Waals surface area contributed by atoms with Gasteiger partial charge in [0.15, 0.2) is 0 Å². The number of halogens is 1. The van der Waals surface area contributed by atoms with E-state index in [9.17, 15) is 14.0 Å². The van der Waals surface area contributed by atoms with Crippen molar-refractivity contribution in [2.75, 3.05) is 20.1 Å². The van der Waals surface area contributed by atoms with Gasteiger partial charge in [-0.05, 0) is 35.6 Å². The van der Waals surface area contributed by atoms with Crippen molar-refractivity contribution in [3.63, 3.8) is 0 Å². The SMILES string of the molecule is CN(Cc1ccccc1)C(=O)CC1CCN(C(=O)NCc2ccc(F)cc2)C1. The Morgan fingerprint density at radius 1 is 1.11 bits per heavy atom. The number of amides is 3. The molecule has 148 valence electrons. The van der Waals surface area contributed by atoms with Crippen molar-refractivity contribution < 1.29 is 14.0 Å². The maximum atomic E-state index is 12.9. The molecule has 1 aliphatic heterocycles. The van der Waals surface area contributed by atoms with E-state index in [4.69, 9.17) is 0 Å². The van der Waals surface area contributed by atoms with Crippen LogP contribution in [0.3, 0.4) is 0 Å². The van der Waals surface area contributed by atoms with Crippen LogP contribution < -0.4 is 5.32 Å². The third kappa shape index (κ3) is 5.55. The largest absolute Gasteiger partial charge is 0.341 e. The smallest absolute Gasteiger partial charge is 0.317 e. The first-order chi connectivity index (χ1) is 13.5. The highest BCUT2D eigenvalue weighted by atomic mass is 19.1. The average Bonchev–Trinajstić information content (AvgIpc) is 3.16. The molecule has 0 radical (unpaired) electrons. The summed E-state index contributed by atoms with van der Waals surface area (Å²) in [5.41, 5.74) is 1.95. The van der Waals surface area contributed by atoms with Crippen LogP contribution in [0.2, 0.25) is 0 Å². The lowest BCUT2D eigenvalue weighted by atomic mass is 10.0. The van der Waals surface area contributed by atoms with Gasteiger partial charge in [0.05, 0.1) is 0 Å². The van der Waals surface area contributed by atoms with E-state index in [0.717, 1.165) is 17.5 Å². The van der Waals surface area contributed by atoms with E-state index >= 15 is 0 Å². The topological polar surface area (TPSA) is 52.7 Å². The molecule has 1 heterocycles. The van der Waals surface area contributed by atoms with Crippen LogP contribution in [0.5, 0.6) is 0 Å². The van der Waals surface area contributed by atoms with Gasteiger partial charge >= 0.3 is 6.03 Å². The summed E-state index contributed by atoms with van der Waals surface area (Å²) in [5, 5.41) is 2.86. The van der Waals surface area contributed by atoms with E-state index in [1.54, 1.807) is 21.9 Å². The summed E-state index contributed by atoms with van der Waals surface area (Å²) < 4.78 is 12.9. The van der Waals surface area contributed by atoms with Gasteiger partial charge in [0, 0.05) is 39.6 Å². The van der Waals surface area contributed by atoms with Crippen molar-refractivity contribution >= 4 is 11.9 Å². The minimum absolute atomic E-state index is 0.0995. The molecule has 0 bridgehead atoms. The molecule has 2 aromatic rings. The molecule has 3 amide bonds. The molecule has 6 heteroatoms. The van der Waals surface area contributed by atoms with Crippen LogP contribution in [0.15, 0.2) is 54.6 Å². The molecular formula is C22H26FN3O2. The monoisotopic (exact) mass is 383 g/mol. The van der Waals surface area contributed by atoms with Gasteiger partial charge in [0.1, 0.15) is 5.82 Å². The number of carbonyl (C=O) groups excluding carboxylic acids is 2. The Kier molecular flexibility index (Phi) is 6.63. The van der Waals surface area contributed by atoms with Crippen LogP contribution in [-0.2, 0) is 17.9 Å². The van der Waals surface area contributed by atoms with Crippen molar-refractivity contribution in [3.05, 3.63) is 71.5 Å². The van der Waals surface area contributed by atoms with Crippen LogP contribution in [0.4, 0.5) is 9.18 Å². The Labute approximate surface area is 165 Å². The van der Waals surface area contributed by atoms with Crippen molar-refractivity contribution in [3.8, 4) is 0 Å². The minimum atomic E-state index is -0.292. The highest BCUT2D eigenvalue weighted by molar-refractivity contribution is 5.77. The summed E-state index contributed by atoms with van der Waals surface area (Å²) in [6.45, 7) is 2.18. The van der Waals surface area contributed by atoms with E-state index in [-0.39, 0.29) is 23.7 Å². The normalized spacial score (nSPS) is 16.1. The number of carbonyl (C=O) groups is 2. The molecule has 1 saturated heterocycles. The Morgan fingerprint density at radius 2 is 1.82 bits per heavy atom. The summed E-state index contributed by atoms with van der Waals surface area (Å²) >= 11 is 0. The number of likely N-dealkylation sites (tertiary alicyclic amines) is 1. The lowest BCUT2D eigenvalue weighted by Gasteiger charge is -2.20. The number of rotatable bonds is 6. The fourth-order valence-corrected chi connectivity index (χ4v) is 3.42. The number of urea groups is 1. The number of nitrogens with one attached hydrogen (secondary N) is 1. The summed E-state index contributed by atoms with van der Waals surface area (Å²) in [6, 6.07) is 15.8. The molecule has 5 nitrogen and oxygen atoms in total. The zero-order valence-corrected chi connectivity index (χ0v) is 16.1. The average molecular weight is 383 g/mol. The van der Waals surface area contributed by atoms with Crippen molar-refractivity contribution in [2.45, 2.75) is 25.9 Å². The first kappa shape index (κ1) is 19.9. The van der Waals surface area contributed by atoms with Gasteiger partial charge in [0.25, 0.3) is 0 Å². The fraction of sp³-hybridized carbons (Fsp3) is 0.364. The van der Waals surface area contributed by atoms with Gasteiger partial charge in [0.2, 0.25) is 5.91 Å². The maximum Gasteiger partial charge on any atom is 0.317 e. The van der Waals surface area contributed by atoms with E-state index in [2.05, 4.69) is 5.32 Å². The quantitative estimate of drug-likeness (QED) is 0.831. The highest BCUT2D eigenvalue weighted by Crippen LogP contribution is 2.21. The van der Waals surface area contributed by atoms with Gasteiger partial charge in [-0.3, -0.25) is 4.79 Å². The van der Waals surface area contributed by atoms with Gasteiger partial charge in [-0.25, -0.2) is 9.18 Å². The van der Waals surface area contributed by atoms with Crippen LogP contribution in [0.25, 0.3) is 0 Å². The van der Waals surface area contributed by atoms with Crippen molar-refractivity contribution in [1.29, 1.82) is 0 Å². The van der Waals surface area contributed by atoms with Gasteiger partial charge in [-0.1, -0.05) is 42.5 Å². The van der Waals surface area contributed by atoms with Gasteiger partial charge in [-0.15, -0.1) is 0 Å². The summed E-state index contributed by atoms with van der Waals surface area (Å²) in [4.78, 5) is 28.3. The van der Waals surface area contributed by atoms with Crippen LogP contribution in [-0.4, -0.2) is 41.9 Å². The molecule has 3 rings (SSSR count). The van der Waals surface area contributed by atoms with Crippen LogP contribution in [0, 0.1) is 11.7 Å². The van der Waals surface area contributed by atoms with Crippen molar-refractivity contribution in [2.24, 2.45) is 5.92 Å². The second-order valence-corrected chi connectivity index (χ2v) is 7.33. The molecule has 1 atom stereocenters. The summed E-state index contributed by atoms with van der Waals surface area (Å²) in [6.07, 6.45) is 1.28. The molecule has 0 aliphatic carbocycles. The lowest BCUT2D eigenvalue weighted by Crippen LogP contribution is -2.38. The maximum absolute atomic E-state index is 12.9. The molecule has 28 heavy (non-hydrogen) atoms. The molecule has 2 aromatic carbocycles. The molecule has 0 saturated carbocycles. The van der Waals surface area contributed by atoms with E-state index in [1.807, 2.05) is 37.4 Å². The minimum Gasteiger partial charge on any atom is -0.341 e. The number of hydrogen-bond acceptors (Lipinski definition) is 2. The molecule has 0 spiro atoms. The molecule has 1 fully saturated rings. The lowest BCUT2D eigenvalue weighted by molar-refractivity contribution is -0.131. The third-order valence-corrected chi connectivity index (χ3v) is 5.08. The highest BCUT2D eigenvalue weighted by Gasteiger charge is 2.28. The number of nitrogens with zero attached hydrogens (tertiary/aromatic N) is 2. The van der Waals surface area contributed by atoms with E-state index in [1.165, 1.54) is 12.1 Å². The van der Waals surface area contributed by atoms with Gasteiger partial charge in [-0.2, -0.15) is 0 Å². The third-order valence-electron chi connectivity index (χ3n) is 5.08. The van der Waals surface area contributed by atoms with Crippen LogP contribution in [0.1, 0.15) is 24.0 Å². The molecule has 1 aliphatic rings. The number of benzene rings is 2. The Morgan fingerprint density at radius 3 is 2.54 bits per heavy atom. The predicted octanol–water partition coefficient (Wildman–Crippen LogP) is 3.41. The Balaban J connectivity index is 1.42.